The quantitative estimate of drug-likeness (QED) is 0.864. The van der Waals surface area contributed by atoms with E-state index in [1.54, 1.807) is 29.4 Å². The maximum atomic E-state index is 12.9. The average molecular weight is 344 g/mol. The number of aromatic nitrogens is 4. The summed E-state index contributed by atoms with van der Waals surface area (Å²) in [5, 5.41) is 10.1. The normalized spacial score (nSPS) is 15.3. The molecule has 0 unspecified atom stereocenters. The van der Waals surface area contributed by atoms with Crippen LogP contribution in [0, 0.1) is 6.92 Å². The molecule has 1 aliphatic rings. The van der Waals surface area contributed by atoms with Crippen molar-refractivity contribution in [1.82, 2.24) is 24.6 Å². The van der Waals surface area contributed by atoms with E-state index in [0.29, 0.717) is 12.0 Å². The van der Waals surface area contributed by atoms with E-state index in [-0.39, 0.29) is 23.1 Å². The van der Waals surface area contributed by atoms with Crippen LogP contribution in [-0.4, -0.2) is 38.3 Å². The Kier molecular flexibility index (Phi) is 4.98. The Morgan fingerprint density at radius 2 is 2.12 bits per heavy atom. The first-order valence-corrected chi connectivity index (χ1v) is 8.65. The summed E-state index contributed by atoms with van der Waals surface area (Å²) < 4.78 is 3.31. The van der Waals surface area contributed by atoms with Crippen LogP contribution in [0.1, 0.15) is 47.6 Å². The summed E-state index contributed by atoms with van der Waals surface area (Å²) >= 11 is 0. The zero-order valence-electron chi connectivity index (χ0n) is 14.9. The molecule has 1 aliphatic heterocycles. The highest BCUT2D eigenvalue weighted by molar-refractivity contribution is 6.04. The van der Waals surface area contributed by atoms with Crippen molar-refractivity contribution in [1.29, 1.82) is 0 Å². The lowest BCUT2D eigenvalue weighted by Crippen LogP contribution is -2.37. The van der Waals surface area contributed by atoms with E-state index >= 15 is 0 Å². The van der Waals surface area contributed by atoms with Crippen molar-refractivity contribution >= 4 is 11.9 Å². The monoisotopic (exact) mass is 344 g/mol. The van der Waals surface area contributed by atoms with Crippen LogP contribution >= 0.6 is 0 Å². The molecule has 0 atom stereocenters. The number of aryl methyl sites for hydroxylation is 3. The van der Waals surface area contributed by atoms with Gasteiger partial charge in [0.2, 0.25) is 5.95 Å². The molecule has 8 heteroatoms. The van der Waals surface area contributed by atoms with Gasteiger partial charge in [0.05, 0.1) is 0 Å². The van der Waals surface area contributed by atoms with Crippen LogP contribution in [-0.2, 0) is 13.5 Å². The molecule has 0 saturated carbocycles. The molecule has 8 nitrogen and oxygen atoms in total. The first-order valence-electron chi connectivity index (χ1n) is 8.65. The Labute approximate surface area is 146 Å². The van der Waals surface area contributed by atoms with E-state index in [1.807, 2.05) is 13.0 Å². The van der Waals surface area contributed by atoms with E-state index in [4.69, 9.17) is 0 Å². The molecule has 0 aromatic carbocycles. The zero-order chi connectivity index (χ0) is 18.0. The maximum Gasteiger partial charge on any atom is 0.263 e. The summed E-state index contributed by atoms with van der Waals surface area (Å²) in [7, 11) is 1.78. The van der Waals surface area contributed by atoms with Crippen molar-refractivity contribution in [2.24, 2.45) is 7.05 Å². The summed E-state index contributed by atoms with van der Waals surface area (Å²) in [5.41, 5.74) is 0.557. The van der Waals surface area contributed by atoms with Gasteiger partial charge >= 0.3 is 0 Å². The molecular formula is C17H24N6O2. The molecule has 0 spiro atoms. The summed E-state index contributed by atoms with van der Waals surface area (Å²) in [6.07, 6.45) is 4.27. The lowest BCUT2D eigenvalue weighted by molar-refractivity contribution is 0.102. The van der Waals surface area contributed by atoms with E-state index < -0.39 is 5.91 Å². The van der Waals surface area contributed by atoms with Crippen LogP contribution in [0.2, 0.25) is 0 Å². The Morgan fingerprint density at radius 3 is 2.76 bits per heavy atom. The lowest BCUT2D eigenvalue weighted by atomic mass is 10.0. The van der Waals surface area contributed by atoms with Crippen molar-refractivity contribution in [2.45, 2.75) is 39.2 Å². The molecule has 3 rings (SSSR count). The third-order valence-corrected chi connectivity index (χ3v) is 4.65. The average Bonchev–Trinajstić information content (AvgIpc) is 2.95. The molecule has 1 amide bonds. The first kappa shape index (κ1) is 17.3. The number of pyridine rings is 1. The zero-order valence-corrected chi connectivity index (χ0v) is 14.9. The summed E-state index contributed by atoms with van der Waals surface area (Å²) in [4.78, 5) is 29.8. The summed E-state index contributed by atoms with van der Waals surface area (Å²) in [5.74, 6) is 0.534. The maximum absolute atomic E-state index is 12.9. The number of nitrogens with one attached hydrogen (secondary N) is 2. The fraction of sp³-hybridized carbons (Fsp3) is 0.529. The summed E-state index contributed by atoms with van der Waals surface area (Å²) in [6, 6.07) is 1.95. The fourth-order valence-corrected chi connectivity index (χ4v) is 3.23. The molecule has 25 heavy (non-hydrogen) atoms. The standard InChI is InChI=1S/C17H24N6O2/c1-4-13-19-17(21-22(13)3)20-15(24)14-11(2)7-10-23(16(14)25)12-5-8-18-9-6-12/h7,10,12,18H,4-6,8-9H2,1-3H3,(H,20,21,24). The first-order chi connectivity index (χ1) is 12.0. The van der Waals surface area contributed by atoms with Gasteiger partial charge < -0.3 is 9.88 Å². The second-order valence-electron chi connectivity index (χ2n) is 6.35. The predicted octanol–water partition coefficient (Wildman–Crippen LogP) is 1.02. The van der Waals surface area contributed by atoms with Crippen molar-refractivity contribution in [3.8, 4) is 0 Å². The SMILES string of the molecule is CCc1nc(NC(=O)c2c(C)ccn(C3CCNCC3)c2=O)nn1C. The number of piperidine rings is 1. The lowest BCUT2D eigenvalue weighted by Gasteiger charge is -2.25. The fourth-order valence-electron chi connectivity index (χ4n) is 3.23. The number of amides is 1. The molecule has 0 radical (unpaired) electrons. The molecule has 134 valence electrons. The molecule has 2 aromatic heterocycles. The van der Waals surface area contributed by atoms with Gasteiger partial charge in [-0.2, -0.15) is 4.98 Å². The predicted molar refractivity (Wildman–Crippen MR) is 94.9 cm³/mol. The largest absolute Gasteiger partial charge is 0.317 e. The second kappa shape index (κ2) is 7.18. The van der Waals surface area contributed by atoms with Gasteiger partial charge in [-0.15, -0.1) is 5.10 Å². The topological polar surface area (TPSA) is 93.8 Å². The van der Waals surface area contributed by atoms with Crippen LogP contribution in [0.15, 0.2) is 17.1 Å². The van der Waals surface area contributed by atoms with Crippen LogP contribution in [0.5, 0.6) is 0 Å². The Hall–Kier alpha value is -2.48. The minimum atomic E-state index is -0.459. The van der Waals surface area contributed by atoms with Crippen LogP contribution in [0.3, 0.4) is 0 Å². The number of carbonyl (C=O) groups is 1. The van der Waals surface area contributed by atoms with Crippen LogP contribution in [0.4, 0.5) is 5.95 Å². The Morgan fingerprint density at radius 1 is 1.40 bits per heavy atom. The van der Waals surface area contributed by atoms with Crippen molar-refractivity contribution in [3.05, 3.63) is 39.6 Å². The van der Waals surface area contributed by atoms with Crippen LogP contribution < -0.4 is 16.2 Å². The van der Waals surface area contributed by atoms with Crippen molar-refractivity contribution in [3.63, 3.8) is 0 Å². The second-order valence-corrected chi connectivity index (χ2v) is 6.35. The molecule has 1 fully saturated rings. The van der Waals surface area contributed by atoms with Gasteiger partial charge in [0.15, 0.2) is 0 Å². The van der Waals surface area contributed by atoms with Gasteiger partial charge in [-0.25, -0.2) is 0 Å². The third kappa shape index (κ3) is 3.48. The molecule has 0 bridgehead atoms. The highest BCUT2D eigenvalue weighted by Gasteiger charge is 2.22. The minimum absolute atomic E-state index is 0.126. The summed E-state index contributed by atoms with van der Waals surface area (Å²) in [6.45, 7) is 5.50. The third-order valence-electron chi connectivity index (χ3n) is 4.65. The number of carbonyl (C=O) groups excluding carboxylic acids is 1. The van der Waals surface area contributed by atoms with Crippen molar-refractivity contribution in [2.75, 3.05) is 18.4 Å². The molecule has 2 aromatic rings. The van der Waals surface area contributed by atoms with E-state index in [2.05, 4.69) is 20.7 Å². The van der Waals surface area contributed by atoms with Gasteiger partial charge in [0.25, 0.3) is 11.5 Å². The van der Waals surface area contributed by atoms with Gasteiger partial charge in [-0.05, 0) is 44.5 Å². The highest BCUT2D eigenvalue weighted by atomic mass is 16.2. The molecule has 0 aliphatic carbocycles. The van der Waals surface area contributed by atoms with E-state index in [9.17, 15) is 9.59 Å². The molecule has 3 heterocycles. The van der Waals surface area contributed by atoms with Crippen molar-refractivity contribution < 1.29 is 4.79 Å². The van der Waals surface area contributed by atoms with Crippen LogP contribution in [0.25, 0.3) is 0 Å². The molecule has 2 N–H and O–H groups in total. The number of nitrogens with zero attached hydrogens (tertiary/aromatic N) is 4. The number of hydrogen-bond donors (Lipinski definition) is 2. The Balaban J connectivity index is 1.89. The molecular weight excluding hydrogens is 320 g/mol. The van der Waals surface area contributed by atoms with Gasteiger partial charge in [0, 0.05) is 25.7 Å². The van der Waals surface area contributed by atoms with Gasteiger partial charge in [-0.3, -0.25) is 19.6 Å². The van der Waals surface area contributed by atoms with Gasteiger partial charge in [-0.1, -0.05) is 6.92 Å². The number of rotatable bonds is 4. The van der Waals surface area contributed by atoms with E-state index in [0.717, 1.165) is 31.8 Å². The van der Waals surface area contributed by atoms with Gasteiger partial charge in [0.1, 0.15) is 11.4 Å². The smallest absolute Gasteiger partial charge is 0.263 e. The Bertz CT molecular complexity index is 832. The minimum Gasteiger partial charge on any atom is -0.317 e. The molecule has 1 saturated heterocycles. The van der Waals surface area contributed by atoms with E-state index in [1.165, 1.54) is 0 Å². The number of hydrogen-bond acceptors (Lipinski definition) is 5. The highest BCUT2D eigenvalue weighted by Crippen LogP contribution is 2.17. The number of anilines is 1.